The van der Waals surface area contributed by atoms with Gasteiger partial charge in [0.25, 0.3) is 0 Å². The highest BCUT2D eigenvalue weighted by Crippen LogP contribution is 2.27. The van der Waals surface area contributed by atoms with Crippen molar-refractivity contribution in [2.45, 2.75) is 32.9 Å². The fourth-order valence-electron chi connectivity index (χ4n) is 2.18. The van der Waals surface area contributed by atoms with E-state index >= 15 is 0 Å². The topological polar surface area (TPSA) is 29.3 Å². The number of likely N-dealkylation sites (N-methyl/N-ethyl adjacent to an activating group) is 1. The van der Waals surface area contributed by atoms with Crippen LogP contribution in [-0.4, -0.2) is 24.0 Å². The number of nitrogens with two attached hydrogens (primary N) is 1. The number of hydrogen-bond donors (Lipinski definition) is 1. The summed E-state index contributed by atoms with van der Waals surface area (Å²) < 4.78 is 0. The second-order valence-corrected chi connectivity index (χ2v) is 5.25. The van der Waals surface area contributed by atoms with Gasteiger partial charge in [0.15, 0.2) is 0 Å². The van der Waals surface area contributed by atoms with Crippen LogP contribution in [0.4, 0.5) is 0 Å². The molecular weight excluding hydrogens is 255 g/mol. The van der Waals surface area contributed by atoms with Gasteiger partial charge in [-0.2, -0.15) is 0 Å². The standard InChI is InChI=1S/C13H20Cl2N2/c1-4-17(9(2)3)13(8-16)10-5-11(14)7-12(15)6-10/h5-7,9,13H,4,8,16H2,1-3H3. The average molecular weight is 275 g/mol. The van der Waals surface area contributed by atoms with Crippen molar-refractivity contribution in [3.63, 3.8) is 0 Å². The number of rotatable bonds is 5. The van der Waals surface area contributed by atoms with Crippen LogP contribution < -0.4 is 5.73 Å². The number of hydrogen-bond acceptors (Lipinski definition) is 2. The first-order valence-corrected chi connectivity index (χ1v) is 6.67. The molecule has 0 radical (unpaired) electrons. The SMILES string of the molecule is CCN(C(C)C)C(CN)c1cc(Cl)cc(Cl)c1. The Morgan fingerprint density at radius 2 is 1.71 bits per heavy atom. The van der Waals surface area contributed by atoms with Gasteiger partial charge in [0.2, 0.25) is 0 Å². The van der Waals surface area contributed by atoms with E-state index in [-0.39, 0.29) is 6.04 Å². The quantitative estimate of drug-likeness (QED) is 0.887. The van der Waals surface area contributed by atoms with Crippen LogP contribution in [-0.2, 0) is 0 Å². The second kappa shape index (κ2) is 6.60. The lowest BCUT2D eigenvalue weighted by molar-refractivity contribution is 0.166. The number of benzene rings is 1. The highest BCUT2D eigenvalue weighted by Gasteiger charge is 2.20. The van der Waals surface area contributed by atoms with E-state index < -0.39 is 0 Å². The Kier molecular flexibility index (Phi) is 5.74. The molecule has 1 aromatic rings. The highest BCUT2D eigenvalue weighted by atomic mass is 35.5. The zero-order valence-electron chi connectivity index (χ0n) is 10.6. The van der Waals surface area contributed by atoms with Crippen molar-refractivity contribution in [2.75, 3.05) is 13.1 Å². The van der Waals surface area contributed by atoms with Crippen LogP contribution in [0.5, 0.6) is 0 Å². The van der Waals surface area contributed by atoms with Crippen LogP contribution >= 0.6 is 23.2 Å². The molecule has 1 unspecified atom stereocenters. The molecule has 17 heavy (non-hydrogen) atoms. The van der Waals surface area contributed by atoms with Gasteiger partial charge in [0.1, 0.15) is 0 Å². The molecule has 0 aromatic heterocycles. The van der Waals surface area contributed by atoms with Gasteiger partial charge in [-0.15, -0.1) is 0 Å². The smallest absolute Gasteiger partial charge is 0.0474 e. The summed E-state index contributed by atoms with van der Waals surface area (Å²) in [6.45, 7) is 7.97. The first-order valence-electron chi connectivity index (χ1n) is 5.91. The third-order valence-electron chi connectivity index (χ3n) is 2.92. The van der Waals surface area contributed by atoms with Crippen molar-refractivity contribution in [3.8, 4) is 0 Å². The maximum Gasteiger partial charge on any atom is 0.0474 e. The average Bonchev–Trinajstić information content (AvgIpc) is 2.23. The minimum absolute atomic E-state index is 0.163. The minimum atomic E-state index is 0.163. The van der Waals surface area contributed by atoms with Crippen LogP contribution in [0.2, 0.25) is 10.0 Å². The van der Waals surface area contributed by atoms with Crippen LogP contribution in [0.3, 0.4) is 0 Å². The Morgan fingerprint density at radius 1 is 1.18 bits per heavy atom. The Labute approximate surface area is 114 Å². The van der Waals surface area contributed by atoms with Crippen molar-refractivity contribution in [2.24, 2.45) is 5.73 Å². The summed E-state index contributed by atoms with van der Waals surface area (Å²) in [5, 5.41) is 1.32. The first-order chi connectivity index (χ1) is 7.99. The zero-order valence-corrected chi connectivity index (χ0v) is 12.1. The van der Waals surface area contributed by atoms with Crippen molar-refractivity contribution < 1.29 is 0 Å². The normalized spacial score (nSPS) is 13.4. The van der Waals surface area contributed by atoms with Gasteiger partial charge < -0.3 is 5.73 Å². The summed E-state index contributed by atoms with van der Waals surface area (Å²) in [6, 6.07) is 6.22. The fourth-order valence-corrected chi connectivity index (χ4v) is 2.72. The Bertz CT molecular complexity index is 346. The van der Waals surface area contributed by atoms with Crippen LogP contribution in [0.15, 0.2) is 18.2 Å². The van der Waals surface area contributed by atoms with E-state index in [2.05, 4.69) is 25.7 Å². The van der Waals surface area contributed by atoms with Crippen molar-refractivity contribution in [3.05, 3.63) is 33.8 Å². The molecule has 96 valence electrons. The van der Waals surface area contributed by atoms with Crippen LogP contribution in [0.25, 0.3) is 0 Å². The molecule has 1 rings (SSSR count). The van der Waals surface area contributed by atoms with Gasteiger partial charge in [-0.25, -0.2) is 0 Å². The molecule has 0 saturated carbocycles. The maximum absolute atomic E-state index is 6.03. The summed E-state index contributed by atoms with van der Waals surface area (Å²) in [7, 11) is 0. The molecule has 0 aliphatic rings. The van der Waals surface area contributed by atoms with Crippen LogP contribution in [0, 0.1) is 0 Å². The van der Waals surface area contributed by atoms with Gasteiger partial charge in [-0.3, -0.25) is 4.90 Å². The van der Waals surface area contributed by atoms with E-state index in [1.54, 1.807) is 6.07 Å². The molecule has 0 bridgehead atoms. The van der Waals surface area contributed by atoms with E-state index in [0.717, 1.165) is 12.1 Å². The summed E-state index contributed by atoms with van der Waals surface area (Å²) in [5.41, 5.74) is 6.98. The largest absolute Gasteiger partial charge is 0.329 e. The predicted molar refractivity (Wildman–Crippen MR) is 75.8 cm³/mol. The van der Waals surface area contributed by atoms with E-state index in [4.69, 9.17) is 28.9 Å². The Balaban J connectivity index is 3.07. The lowest BCUT2D eigenvalue weighted by Gasteiger charge is -2.33. The van der Waals surface area contributed by atoms with Gasteiger partial charge in [0, 0.05) is 28.7 Å². The third kappa shape index (κ3) is 3.85. The molecule has 0 spiro atoms. The molecule has 0 saturated heterocycles. The van der Waals surface area contributed by atoms with E-state index in [1.165, 1.54) is 0 Å². The lowest BCUT2D eigenvalue weighted by Crippen LogP contribution is -2.38. The Morgan fingerprint density at radius 3 is 2.06 bits per heavy atom. The maximum atomic E-state index is 6.03. The van der Waals surface area contributed by atoms with E-state index in [9.17, 15) is 0 Å². The molecule has 0 amide bonds. The molecule has 1 aromatic carbocycles. The molecule has 0 fully saturated rings. The van der Waals surface area contributed by atoms with Crippen LogP contribution in [0.1, 0.15) is 32.4 Å². The third-order valence-corrected chi connectivity index (χ3v) is 3.36. The summed E-state index contributed by atoms with van der Waals surface area (Å²) in [5.74, 6) is 0. The molecule has 4 heteroatoms. The van der Waals surface area contributed by atoms with Gasteiger partial charge >= 0.3 is 0 Å². The molecule has 0 heterocycles. The van der Waals surface area contributed by atoms with Crippen molar-refractivity contribution in [1.29, 1.82) is 0 Å². The summed E-state index contributed by atoms with van der Waals surface area (Å²) in [4.78, 5) is 2.34. The first kappa shape index (κ1) is 14.8. The zero-order chi connectivity index (χ0) is 13.0. The monoisotopic (exact) mass is 274 g/mol. The van der Waals surface area contributed by atoms with Gasteiger partial charge in [-0.1, -0.05) is 30.1 Å². The lowest BCUT2D eigenvalue weighted by atomic mass is 10.0. The second-order valence-electron chi connectivity index (χ2n) is 4.38. The molecular formula is C13H20Cl2N2. The molecule has 0 aliphatic heterocycles. The molecule has 2 N–H and O–H groups in total. The van der Waals surface area contributed by atoms with Gasteiger partial charge in [-0.05, 0) is 44.2 Å². The minimum Gasteiger partial charge on any atom is -0.329 e. The van der Waals surface area contributed by atoms with Crippen molar-refractivity contribution >= 4 is 23.2 Å². The Hall–Kier alpha value is -0.280. The molecule has 2 nitrogen and oxygen atoms in total. The summed E-state index contributed by atoms with van der Waals surface area (Å²) >= 11 is 12.1. The number of nitrogens with zero attached hydrogens (tertiary/aromatic N) is 1. The predicted octanol–water partition coefficient (Wildman–Crippen LogP) is 3.72. The molecule has 1 atom stereocenters. The van der Waals surface area contributed by atoms with Crippen molar-refractivity contribution in [1.82, 2.24) is 4.90 Å². The highest BCUT2D eigenvalue weighted by molar-refractivity contribution is 6.34. The molecule has 0 aliphatic carbocycles. The number of halogens is 2. The summed E-state index contributed by atoms with van der Waals surface area (Å²) in [6.07, 6.45) is 0. The van der Waals surface area contributed by atoms with Gasteiger partial charge in [0.05, 0.1) is 0 Å². The fraction of sp³-hybridized carbons (Fsp3) is 0.538. The van der Waals surface area contributed by atoms with E-state index in [0.29, 0.717) is 22.6 Å². The van der Waals surface area contributed by atoms with E-state index in [1.807, 2.05) is 12.1 Å².